The van der Waals surface area contributed by atoms with Crippen molar-refractivity contribution >= 4 is 5.65 Å². The molecule has 2 rings (SSSR count). The smallest absolute Gasteiger partial charge is 0.137 e. The number of rotatable bonds is 2. The van der Waals surface area contributed by atoms with Crippen molar-refractivity contribution in [2.45, 2.75) is 26.4 Å². The summed E-state index contributed by atoms with van der Waals surface area (Å²) >= 11 is 0. The average molecular weight is 190 g/mol. The van der Waals surface area contributed by atoms with Crippen LogP contribution in [0.3, 0.4) is 0 Å². The Bertz CT molecular complexity index is 445. The van der Waals surface area contributed by atoms with E-state index in [4.69, 9.17) is 0 Å². The molecule has 0 aliphatic rings. The Morgan fingerprint density at radius 1 is 1.43 bits per heavy atom. The maximum absolute atomic E-state index is 9.19. The number of aromatic nitrogens is 2. The molecular formula is C11H14N2O. The average Bonchev–Trinajstić information content (AvgIpc) is 2.55. The van der Waals surface area contributed by atoms with Gasteiger partial charge in [-0.05, 0) is 18.1 Å². The van der Waals surface area contributed by atoms with Crippen molar-refractivity contribution in [3.63, 3.8) is 0 Å². The zero-order valence-electron chi connectivity index (χ0n) is 8.44. The molecule has 1 N–H and O–H groups in total. The molecule has 2 aromatic rings. The van der Waals surface area contributed by atoms with Gasteiger partial charge in [-0.1, -0.05) is 19.9 Å². The molecule has 74 valence electrons. The zero-order chi connectivity index (χ0) is 10.1. The number of hydrogen-bond donors (Lipinski definition) is 1. The van der Waals surface area contributed by atoms with E-state index in [2.05, 4.69) is 18.8 Å². The number of aliphatic hydroxyl groups excluding tert-OH is 1. The van der Waals surface area contributed by atoms with Gasteiger partial charge in [0.2, 0.25) is 0 Å². The van der Waals surface area contributed by atoms with Crippen LogP contribution in [0.1, 0.15) is 31.2 Å². The van der Waals surface area contributed by atoms with Gasteiger partial charge in [-0.15, -0.1) is 0 Å². The van der Waals surface area contributed by atoms with Crippen LogP contribution in [0, 0.1) is 0 Å². The molecule has 2 aromatic heterocycles. The Balaban J connectivity index is 2.74. The highest BCUT2D eigenvalue weighted by Gasteiger charge is 2.13. The summed E-state index contributed by atoms with van der Waals surface area (Å²) in [6.07, 6.45) is 1.98. The lowest BCUT2D eigenvalue weighted by molar-refractivity contribution is 0.275. The molecule has 0 aliphatic heterocycles. The van der Waals surface area contributed by atoms with E-state index >= 15 is 0 Å². The van der Waals surface area contributed by atoms with E-state index < -0.39 is 0 Å². The third-order valence-corrected chi connectivity index (χ3v) is 2.34. The van der Waals surface area contributed by atoms with Gasteiger partial charge in [0.25, 0.3) is 0 Å². The molecule has 0 atom stereocenters. The fourth-order valence-electron chi connectivity index (χ4n) is 1.79. The Kier molecular flexibility index (Phi) is 2.25. The number of nitrogens with zero attached hydrogens (tertiary/aromatic N) is 2. The van der Waals surface area contributed by atoms with E-state index in [1.807, 2.05) is 28.8 Å². The fraction of sp³-hybridized carbons (Fsp3) is 0.364. The molecule has 0 spiro atoms. The minimum atomic E-state index is 0.00912. The maximum atomic E-state index is 9.19. The van der Waals surface area contributed by atoms with Gasteiger partial charge in [-0.3, -0.25) is 0 Å². The topological polar surface area (TPSA) is 37.5 Å². The largest absolute Gasteiger partial charge is 0.390 e. The van der Waals surface area contributed by atoms with Gasteiger partial charge in [-0.25, -0.2) is 4.98 Å². The fourth-order valence-corrected chi connectivity index (χ4v) is 1.79. The van der Waals surface area contributed by atoms with Crippen LogP contribution < -0.4 is 0 Å². The van der Waals surface area contributed by atoms with Crippen LogP contribution in [0.5, 0.6) is 0 Å². The highest BCUT2D eigenvalue weighted by Crippen LogP contribution is 2.20. The molecule has 0 fully saturated rings. The number of fused-ring (bicyclic) bond motifs is 1. The second-order valence-electron chi connectivity index (χ2n) is 3.69. The van der Waals surface area contributed by atoms with Gasteiger partial charge in [0.15, 0.2) is 0 Å². The number of aliphatic hydroxyl groups is 1. The van der Waals surface area contributed by atoms with E-state index in [-0.39, 0.29) is 6.61 Å². The van der Waals surface area contributed by atoms with Crippen molar-refractivity contribution in [2.75, 3.05) is 0 Å². The molecule has 0 radical (unpaired) electrons. The van der Waals surface area contributed by atoms with Crippen LogP contribution >= 0.6 is 0 Å². The molecule has 0 unspecified atom stereocenters. The van der Waals surface area contributed by atoms with Crippen molar-refractivity contribution in [1.29, 1.82) is 0 Å². The van der Waals surface area contributed by atoms with Crippen LogP contribution in [0.15, 0.2) is 24.4 Å². The summed E-state index contributed by atoms with van der Waals surface area (Å²) in [5.74, 6) is 0.370. The van der Waals surface area contributed by atoms with Gasteiger partial charge in [0, 0.05) is 6.20 Å². The normalized spacial score (nSPS) is 11.4. The quantitative estimate of drug-likeness (QED) is 0.786. The second-order valence-corrected chi connectivity index (χ2v) is 3.69. The lowest BCUT2D eigenvalue weighted by Crippen LogP contribution is -1.98. The van der Waals surface area contributed by atoms with Crippen molar-refractivity contribution < 1.29 is 5.11 Å². The van der Waals surface area contributed by atoms with E-state index in [1.54, 1.807) is 0 Å². The molecule has 0 saturated heterocycles. The summed E-state index contributed by atoms with van der Waals surface area (Å²) in [7, 11) is 0. The molecule has 3 heteroatoms. The second kappa shape index (κ2) is 3.42. The van der Waals surface area contributed by atoms with Crippen LogP contribution in [0.25, 0.3) is 5.65 Å². The molecular weight excluding hydrogens is 176 g/mol. The first-order chi connectivity index (χ1) is 6.74. The lowest BCUT2D eigenvalue weighted by Gasteiger charge is -2.06. The highest BCUT2D eigenvalue weighted by atomic mass is 16.3. The Hall–Kier alpha value is -1.35. The van der Waals surface area contributed by atoms with Gasteiger partial charge in [0.1, 0.15) is 5.65 Å². The van der Waals surface area contributed by atoms with Crippen LogP contribution in [0.2, 0.25) is 0 Å². The monoisotopic (exact) mass is 190 g/mol. The van der Waals surface area contributed by atoms with Crippen molar-refractivity contribution in [1.82, 2.24) is 9.38 Å². The first kappa shape index (κ1) is 9.21. The molecule has 0 saturated carbocycles. The van der Waals surface area contributed by atoms with E-state index in [0.29, 0.717) is 5.92 Å². The first-order valence-electron chi connectivity index (χ1n) is 4.80. The predicted molar refractivity (Wildman–Crippen MR) is 55.2 cm³/mol. The van der Waals surface area contributed by atoms with E-state index in [1.165, 1.54) is 0 Å². The minimum absolute atomic E-state index is 0.00912. The molecule has 2 heterocycles. The van der Waals surface area contributed by atoms with Gasteiger partial charge < -0.3 is 9.51 Å². The third kappa shape index (κ3) is 1.30. The molecule has 0 aromatic carbocycles. The number of imidazole rings is 1. The standard InChI is InChI=1S/C11H14N2O/c1-8(2)11-9(7-14)12-10-5-3-4-6-13(10)11/h3-6,8,14H,7H2,1-2H3. The summed E-state index contributed by atoms with van der Waals surface area (Å²) in [4.78, 5) is 4.37. The Labute approximate surface area is 83.0 Å². The number of pyridine rings is 1. The highest BCUT2D eigenvalue weighted by molar-refractivity contribution is 5.43. The zero-order valence-corrected chi connectivity index (χ0v) is 8.44. The van der Waals surface area contributed by atoms with E-state index in [0.717, 1.165) is 17.0 Å². The first-order valence-corrected chi connectivity index (χ1v) is 4.80. The Morgan fingerprint density at radius 2 is 2.21 bits per heavy atom. The van der Waals surface area contributed by atoms with Crippen LogP contribution in [-0.4, -0.2) is 14.5 Å². The summed E-state index contributed by atoms with van der Waals surface area (Å²) in [5.41, 5.74) is 2.79. The molecule has 14 heavy (non-hydrogen) atoms. The van der Waals surface area contributed by atoms with E-state index in [9.17, 15) is 5.11 Å². The molecule has 0 bridgehead atoms. The van der Waals surface area contributed by atoms with Gasteiger partial charge in [-0.2, -0.15) is 0 Å². The summed E-state index contributed by atoms with van der Waals surface area (Å²) < 4.78 is 2.04. The van der Waals surface area contributed by atoms with Gasteiger partial charge >= 0.3 is 0 Å². The van der Waals surface area contributed by atoms with Crippen LogP contribution in [-0.2, 0) is 6.61 Å². The van der Waals surface area contributed by atoms with Crippen molar-refractivity contribution in [2.24, 2.45) is 0 Å². The van der Waals surface area contributed by atoms with Crippen LogP contribution in [0.4, 0.5) is 0 Å². The third-order valence-electron chi connectivity index (χ3n) is 2.34. The summed E-state index contributed by atoms with van der Waals surface area (Å²) in [6, 6.07) is 5.88. The maximum Gasteiger partial charge on any atom is 0.137 e. The predicted octanol–water partition coefficient (Wildman–Crippen LogP) is 1.95. The Morgan fingerprint density at radius 3 is 2.86 bits per heavy atom. The van der Waals surface area contributed by atoms with Gasteiger partial charge in [0.05, 0.1) is 18.0 Å². The SMILES string of the molecule is CC(C)c1c(CO)nc2ccccn12. The van der Waals surface area contributed by atoms with Crippen molar-refractivity contribution in [3.05, 3.63) is 35.8 Å². The summed E-state index contributed by atoms with van der Waals surface area (Å²) in [5, 5.41) is 9.19. The number of hydrogen-bond acceptors (Lipinski definition) is 2. The molecule has 0 aliphatic carbocycles. The molecule has 0 amide bonds. The molecule has 3 nitrogen and oxygen atoms in total. The minimum Gasteiger partial charge on any atom is -0.390 e. The van der Waals surface area contributed by atoms with Crippen molar-refractivity contribution in [3.8, 4) is 0 Å². The lowest BCUT2D eigenvalue weighted by atomic mass is 10.1. The summed E-state index contributed by atoms with van der Waals surface area (Å²) in [6.45, 7) is 4.22.